The van der Waals surface area contributed by atoms with Crippen LogP contribution in [0.1, 0.15) is 36.0 Å². The minimum absolute atomic E-state index is 0.0356. The van der Waals surface area contributed by atoms with Crippen LogP contribution in [0, 0.1) is 13.8 Å². The van der Waals surface area contributed by atoms with Crippen molar-refractivity contribution >= 4 is 12.0 Å². The van der Waals surface area contributed by atoms with E-state index in [4.69, 9.17) is 5.11 Å². The highest BCUT2D eigenvalue weighted by Crippen LogP contribution is 2.48. The summed E-state index contributed by atoms with van der Waals surface area (Å²) in [6, 6.07) is 6.24. The van der Waals surface area contributed by atoms with Gasteiger partial charge in [-0.1, -0.05) is 23.8 Å². The van der Waals surface area contributed by atoms with E-state index in [1.54, 1.807) is 7.05 Å². The summed E-state index contributed by atoms with van der Waals surface area (Å²) in [6.45, 7) is 5.02. The molecule has 0 saturated heterocycles. The number of nitrogens with one attached hydrogen (secondary N) is 1. The van der Waals surface area contributed by atoms with Crippen molar-refractivity contribution in [3.05, 3.63) is 34.9 Å². The van der Waals surface area contributed by atoms with Gasteiger partial charge < -0.3 is 15.3 Å². The summed E-state index contributed by atoms with van der Waals surface area (Å²) in [5.74, 6) is -0.895. The molecule has 2 amide bonds. The molecule has 1 aliphatic rings. The van der Waals surface area contributed by atoms with Gasteiger partial charge in [-0.3, -0.25) is 4.79 Å². The van der Waals surface area contributed by atoms with Crippen molar-refractivity contribution in [3.63, 3.8) is 0 Å². The average Bonchev–Trinajstić information content (AvgIpc) is 3.23. The Labute approximate surface area is 131 Å². The molecule has 0 aliphatic heterocycles. The third-order valence-corrected chi connectivity index (χ3v) is 4.39. The second-order valence-electron chi connectivity index (χ2n) is 6.32. The minimum atomic E-state index is -0.895. The van der Waals surface area contributed by atoms with E-state index in [2.05, 4.69) is 37.4 Å². The maximum absolute atomic E-state index is 12.0. The average molecular weight is 304 g/mol. The number of carboxylic acid groups (broad SMARTS) is 1. The van der Waals surface area contributed by atoms with E-state index in [1.165, 1.54) is 21.6 Å². The fourth-order valence-corrected chi connectivity index (χ4v) is 2.85. The molecule has 1 aromatic rings. The van der Waals surface area contributed by atoms with E-state index in [-0.39, 0.29) is 24.4 Å². The summed E-state index contributed by atoms with van der Waals surface area (Å²) in [6.07, 6.45) is 2.12. The van der Waals surface area contributed by atoms with Crippen molar-refractivity contribution in [2.45, 2.75) is 38.5 Å². The lowest BCUT2D eigenvalue weighted by Crippen LogP contribution is -2.41. The van der Waals surface area contributed by atoms with Gasteiger partial charge in [0, 0.05) is 25.6 Å². The third-order valence-electron chi connectivity index (χ3n) is 4.39. The largest absolute Gasteiger partial charge is 0.481 e. The molecule has 22 heavy (non-hydrogen) atoms. The van der Waals surface area contributed by atoms with E-state index in [0.717, 1.165) is 12.8 Å². The first-order valence-electron chi connectivity index (χ1n) is 7.62. The molecule has 0 bridgehead atoms. The van der Waals surface area contributed by atoms with Crippen LogP contribution in [-0.2, 0) is 10.2 Å². The number of benzene rings is 1. The van der Waals surface area contributed by atoms with Gasteiger partial charge in [0.2, 0.25) is 0 Å². The predicted molar refractivity (Wildman–Crippen MR) is 85.1 cm³/mol. The molecule has 0 aromatic heterocycles. The van der Waals surface area contributed by atoms with Crippen LogP contribution < -0.4 is 5.32 Å². The van der Waals surface area contributed by atoms with Crippen LogP contribution in [-0.4, -0.2) is 42.1 Å². The van der Waals surface area contributed by atoms with Crippen LogP contribution in [0.15, 0.2) is 18.2 Å². The highest BCUT2D eigenvalue weighted by Gasteiger charge is 2.45. The Morgan fingerprint density at radius 1 is 1.32 bits per heavy atom. The molecule has 5 heteroatoms. The van der Waals surface area contributed by atoms with Crippen molar-refractivity contribution in [1.29, 1.82) is 0 Å². The van der Waals surface area contributed by atoms with Crippen LogP contribution in [0.4, 0.5) is 4.79 Å². The fourth-order valence-electron chi connectivity index (χ4n) is 2.85. The first kappa shape index (κ1) is 16.3. The van der Waals surface area contributed by atoms with Crippen molar-refractivity contribution in [2.24, 2.45) is 0 Å². The number of rotatable bonds is 6. The molecule has 0 heterocycles. The van der Waals surface area contributed by atoms with Crippen LogP contribution >= 0.6 is 0 Å². The monoisotopic (exact) mass is 304 g/mol. The lowest BCUT2D eigenvalue weighted by molar-refractivity contribution is -0.137. The summed E-state index contributed by atoms with van der Waals surface area (Å²) in [7, 11) is 1.62. The van der Waals surface area contributed by atoms with Gasteiger partial charge in [-0.25, -0.2) is 4.79 Å². The van der Waals surface area contributed by atoms with Crippen molar-refractivity contribution < 1.29 is 14.7 Å². The highest BCUT2D eigenvalue weighted by atomic mass is 16.4. The SMILES string of the molecule is Cc1ccc(C2(CNC(=O)N(C)CCC(=O)O)CC2)c(C)c1. The van der Waals surface area contributed by atoms with E-state index < -0.39 is 5.97 Å². The van der Waals surface area contributed by atoms with E-state index in [1.807, 2.05) is 0 Å². The number of carbonyl (C=O) groups excluding carboxylic acids is 1. The van der Waals surface area contributed by atoms with Gasteiger partial charge in [0.05, 0.1) is 6.42 Å². The third kappa shape index (κ3) is 3.78. The van der Waals surface area contributed by atoms with E-state index in [0.29, 0.717) is 6.54 Å². The maximum Gasteiger partial charge on any atom is 0.317 e. The predicted octanol–water partition coefficient (Wildman–Crippen LogP) is 2.45. The fraction of sp³-hybridized carbons (Fsp3) is 0.529. The van der Waals surface area contributed by atoms with Crippen LogP contribution in [0.3, 0.4) is 0 Å². The number of aliphatic carboxylic acids is 1. The molecular formula is C17H24N2O3. The molecule has 5 nitrogen and oxygen atoms in total. The normalized spacial score (nSPS) is 15.2. The van der Waals surface area contributed by atoms with Gasteiger partial charge in [0.1, 0.15) is 0 Å². The van der Waals surface area contributed by atoms with Crippen LogP contribution in [0.2, 0.25) is 0 Å². The lowest BCUT2D eigenvalue weighted by Gasteiger charge is -2.22. The number of urea groups is 1. The number of hydrogen-bond donors (Lipinski definition) is 2. The Bertz CT molecular complexity index is 579. The zero-order valence-electron chi connectivity index (χ0n) is 13.5. The number of aryl methyl sites for hydroxylation is 2. The second kappa shape index (κ2) is 6.38. The second-order valence-corrected chi connectivity index (χ2v) is 6.32. The molecule has 0 atom stereocenters. The molecule has 0 unspecified atom stereocenters. The Balaban J connectivity index is 1.93. The molecule has 1 aliphatic carbocycles. The number of nitrogens with zero attached hydrogens (tertiary/aromatic N) is 1. The summed E-state index contributed by atoms with van der Waals surface area (Å²) in [5, 5.41) is 11.6. The molecule has 2 N–H and O–H groups in total. The maximum atomic E-state index is 12.0. The van der Waals surface area contributed by atoms with Crippen molar-refractivity contribution in [1.82, 2.24) is 10.2 Å². The highest BCUT2D eigenvalue weighted by molar-refractivity contribution is 5.75. The molecular weight excluding hydrogens is 280 g/mol. The molecule has 2 rings (SSSR count). The van der Waals surface area contributed by atoms with Gasteiger partial charge >= 0.3 is 12.0 Å². The molecule has 120 valence electrons. The Morgan fingerprint density at radius 3 is 2.55 bits per heavy atom. The minimum Gasteiger partial charge on any atom is -0.481 e. The summed E-state index contributed by atoms with van der Waals surface area (Å²) >= 11 is 0. The zero-order chi connectivity index (χ0) is 16.3. The van der Waals surface area contributed by atoms with Crippen molar-refractivity contribution in [2.75, 3.05) is 20.1 Å². The summed E-state index contributed by atoms with van der Waals surface area (Å²) in [5.41, 5.74) is 3.88. The summed E-state index contributed by atoms with van der Waals surface area (Å²) in [4.78, 5) is 24.0. The Kier molecular flexibility index (Phi) is 4.74. The van der Waals surface area contributed by atoms with Gasteiger partial charge in [-0.05, 0) is 37.8 Å². The van der Waals surface area contributed by atoms with Gasteiger partial charge in [0.15, 0.2) is 0 Å². The van der Waals surface area contributed by atoms with Gasteiger partial charge in [-0.15, -0.1) is 0 Å². The topological polar surface area (TPSA) is 69.6 Å². The standard InChI is InChI=1S/C17H24N2O3/c1-12-4-5-14(13(2)10-12)17(7-8-17)11-18-16(22)19(3)9-6-15(20)21/h4-5,10H,6-9,11H2,1-3H3,(H,18,22)(H,20,21). The number of hydrogen-bond acceptors (Lipinski definition) is 2. The number of amides is 2. The smallest absolute Gasteiger partial charge is 0.317 e. The van der Waals surface area contributed by atoms with Gasteiger partial charge in [0.25, 0.3) is 0 Å². The molecule has 0 spiro atoms. The molecule has 0 radical (unpaired) electrons. The van der Waals surface area contributed by atoms with Crippen LogP contribution in [0.25, 0.3) is 0 Å². The number of carbonyl (C=O) groups is 2. The molecule has 1 aromatic carbocycles. The molecule has 1 saturated carbocycles. The lowest BCUT2D eigenvalue weighted by atomic mass is 9.91. The Morgan fingerprint density at radius 2 is 2.00 bits per heavy atom. The van der Waals surface area contributed by atoms with Crippen molar-refractivity contribution in [3.8, 4) is 0 Å². The first-order chi connectivity index (χ1) is 10.3. The van der Waals surface area contributed by atoms with E-state index >= 15 is 0 Å². The zero-order valence-corrected chi connectivity index (χ0v) is 13.5. The van der Waals surface area contributed by atoms with Gasteiger partial charge in [-0.2, -0.15) is 0 Å². The number of carboxylic acids is 1. The summed E-state index contributed by atoms with van der Waals surface area (Å²) < 4.78 is 0. The molecule has 1 fully saturated rings. The first-order valence-corrected chi connectivity index (χ1v) is 7.62. The van der Waals surface area contributed by atoms with E-state index in [9.17, 15) is 9.59 Å². The quantitative estimate of drug-likeness (QED) is 0.848. The Hall–Kier alpha value is -2.04. The van der Waals surface area contributed by atoms with Crippen LogP contribution in [0.5, 0.6) is 0 Å².